The van der Waals surface area contributed by atoms with Crippen molar-refractivity contribution in [2.45, 2.75) is 27.3 Å². The fourth-order valence-corrected chi connectivity index (χ4v) is 1.44. The van der Waals surface area contributed by atoms with Gasteiger partial charge in [-0.1, -0.05) is 0 Å². The maximum absolute atomic E-state index is 4.26. The van der Waals surface area contributed by atoms with E-state index in [1.54, 1.807) is 6.20 Å². The van der Waals surface area contributed by atoms with Crippen LogP contribution in [0.2, 0.25) is 0 Å². The molecule has 0 aliphatic rings. The van der Waals surface area contributed by atoms with Crippen molar-refractivity contribution < 1.29 is 0 Å². The van der Waals surface area contributed by atoms with Crippen LogP contribution in [0.25, 0.3) is 0 Å². The summed E-state index contributed by atoms with van der Waals surface area (Å²) in [7, 11) is 0. The third kappa shape index (κ3) is 2.18. The van der Waals surface area contributed by atoms with Gasteiger partial charge in [0.15, 0.2) is 0 Å². The number of hydrogen-bond acceptors (Lipinski definition) is 4. The molecule has 2 heterocycles. The van der Waals surface area contributed by atoms with Crippen molar-refractivity contribution in [1.82, 2.24) is 20.2 Å². The summed E-state index contributed by atoms with van der Waals surface area (Å²) in [6.45, 7) is 6.61. The van der Waals surface area contributed by atoms with Crippen molar-refractivity contribution in [3.05, 3.63) is 35.0 Å². The standard InChI is InChI=1S/C11H15N5/c1-7-8(2)15-16-10(7)6-13-11-4-5-12-9(3)14-11/h4-5H,6H2,1-3H3,(H,15,16)(H,12,13,14). The van der Waals surface area contributed by atoms with E-state index in [0.29, 0.717) is 6.54 Å². The van der Waals surface area contributed by atoms with Gasteiger partial charge in [0, 0.05) is 11.9 Å². The van der Waals surface area contributed by atoms with Gasteiger partial charge in [-0.3, -0.25) is 5.10 Å². The summed E-state index contributed by atoms with van der Waals surface area (Å²) in [4.78, 5) is 8.31. The van der Waals surface area contributed by atoms with Crippen molar-refractivity contribution in [2.24, 2.45) is 0 Å². The van der Waals surface area contributed by atoms with Gasteiger partial charge in [0.2, 0.25) is 0 Å². The minimum Gasteiger partial charge on any atom is -0.364 e. The minimum atomic E-state index is 0.673. The van der Waals surface area contributed by atoms with Gasteiger partial charge in [0.05, 0.1) is 12.2 Å². The van der Waals surface area contributed by atoms with Crippen molar-refractivity contribution in [3.8, 4) is 0 Å². The summed E-state index contributed by atoms with van der Waals surface area (Å²) < 4.78 is 0. The van der Waals surface area contributed by atoms with Crippen molar-refractivity contribution in [3.63, 3.8) is 0 Å². The molecule has 84 valence electrons. The number of aromatic nitrogens is 4. The van der Waals surface area contributed by atoms with E-state index >= 15 is 0 Å². The average Bonchev–Trinajstić information content (AvgIpc) is 2.57. The molecule has 5 nitrogen and oxygen atoms in total. The summed E-state index contributed by atoms with van der Waals surface area (Å²) in [6, 6.07) is 1.85. The fourth-order valence-electron chi connectivity index (χ4n) is 1.44. The van der Waals surface area contributed by atoms with Crippen LogP contribution < -0.4 is 5.32 Å². The Bertz CT molecular complexity index is 489. The molecule has 2 aromatic rings. The predicted octanol–water partition coefficient (Wildman–Crippen LogP) is 1.74. The molecule has 0 aromatic carbocycles. The lowest BCUT2D eigenvalue weighted by Crippen LogP contribution is -2.04. The van der Waals surface area contributed by atoms with Gasteiger partial charge in [0.1, 0.15) is 11.6 Å². The number of aromatic amines is 1. The molecule has 0 unspecified atom stereocenters. The molecule has 0 bridgehead atoms. The van der Waals surface area contributed by atoms with Crippen LogP contribution >= 0.6 is 0 Å². The topological polar surface area (TPSA) is 66.5 Å². The van der Waals surface area contributed by atoms with E-state index in [-0.39, 0.29) is 0 Å². The minimum absolute atomic E-state index is 0.673. The molecule has 0 radical (unpaired) electrons. The molecule has 16 heavy (non-hydrogen) atoms. The summed E-state index contributed by atoms with van der Waals surface area (Å²) in [5, 5.41) is 10.4. The van der Waals surface area contributed by atoms with Crippen LogP contribution in [0, 0.1) is 20.8 Å². The highest BCUT2D eigenvalue weighted by atomic mass is 15.1. The Morgan fingerprint density at radius 3 is 2.75 bits per heavy atom. The molecule has 5 heteroatoms. The molecular weight excluding hydrogens is 202 g/mol. The normalized spacial score (nSPS) is 10.4. The van der Waals surface area contributed by atoms with Gasteiger partial charge in [0.25, 0.3) is 0 Å². The maximum atomic E-state index is 4.26. The first kappa shape index (κ1) is 10.6. The molecule has 0 atom stereocenters. The molecule has 0 saturated heterocycles. The van der Waals surface area contributed by atoms with E-state index in [1.165, 1.54) is 5.56 Å². The lowest BCUT2D eigenvalue weighted by molar-refractivity contribution is 0.951. The third-order valence-electron chi connectivity index (χ3n) is 2.57. The Morgan fingerprint density at radius 2 is 2.12 bits per heavy atom. The predicted molar refractivity (Wildman–Crippen MR) is 62.2 cm³/mol. The average molecular weight is 217 g/mol. The SMILES string of the molecule is Cc1nccc(NCc2n[nH]c(C)c2C)n1. The number of H-pyrrole nitrogens is 1. The second-order valence-corrected chi connectivity index (χ2v) is 3.76. The van der Waals surface area contributed by atoms with Crippen molar-refractivity contribution in [2.75, 3.05) is 5.32 Å². The quantitative estimate of drug-likeness (QED) is 0.821. The van der Waals surface area contributed by atoms with E-state index in [0.717, 1.165) is 23.0 Å². The van der Waals surface area contributed by atoms with Crippen molar-refractivity contribution >= 4 is 5.82 Å². The Hall–Kier alpha value is -1.91. The molecule has 2 aromatic heterocycles. The first-order valence-corrected chi connectivity index (χ1v) is 5.21. The molecular formula is C11H15N5. The second kappa shape index (κ2) is 4.30. The molecule has 0 fully saturated rings. The van der Waals surface area contributed by atoms with Gasteiger partial charge in [-0.2, -0.15) is 5.10 Å². The Balaban J connectivity index is 2.05. The highest BCUT2D eigenvalue weighted by Crippen LogP contribution is 2.10. The van der Waals surface area contributed by atoms with Crippen LogP contribution in [-0.2, 0) is 6.54 Å². The first-order chi connectivity index (χ1) is 7.66. The van der Waals surface area contributed by atoms with E-state index in [4.69, 9.17) is 0 Å². The maximum Gasteiger partial charge on any atom is 0.129 e. The zero-order valence-electron chi connectivity index (χ0n) is 9.70. The monoisotopic (exact) mass is 217 g/mol. The highest BCUT2D eigenvalue weighted by Gasteiger charge is 2.05. The highest BCUT2D eigenvalue weighted by molar-refractivity contribution is 5.35. The van der Waals surface area contributed by atoms with Gasteiger partial charge in [-0.25, -0.2) is 9.97 Å². The molecule has 0 aliphatic carbocycles. The van der Waals surface area contributed by atoms with Crippen LogP contribution in [0.1, 0.15) is 22.8 Å². The summed E-state index contributed by atoms with van der Waals surface area (Å²) in [6.07, 6.45) is 1.74. The Labute approximate surface area is 94.3 Å². The van der Waals surface area contributed by atoms with Gasteiger partial charge in [-0.15, -0.1) is 0 Å². The van der Waals surface area contributed by atoms with Gasteiger partial charge in [-0.05, 0) is 32.4 Å². The van der Waals surface area contributed by atoms with E-state index < -0.39 is 0 Å². The first-order valence-electron chi connectivity index (χ1n) is 5.21. The summed E-state index contributed by atoms with van der Waals surface area (Å²) in [5.74, 6) is 1.59. The third-order valence-corrected chi connectivity index (χ3v) is 2.57. The number of anilines is 1. The number of nitrogens with zero attached hydrogens (tertiary/aromatic N) is 3. The van der Waals surface area contributed by atoms with Crippen LogP contribution in [-0.4, -0.2) is 20.2 Å². The van der Waals surface area contributed by atoms with Crippen LogP contribution in [0.4, 0.5) is 5.82 Å². The Morgan fingerprint density at radius 1 is 1.31 bits per heavy atom. The molecule has 0 aliphatic heterocycles. The largest absolute Gasteiger partial charge is 0.364 e. The smallest absolute Gasteiger partial charge is 0.129 e. The number of aryl methyl sites for hydroxylation is 2. The van der Waals surface area contributed by atoms with Gasteiger partial charge >= 0.3 is 0 Å². The Kier molecular flexibility index (Phi) is 2.85. The van der Waals surface area contributed by atoms with Crippen LogP contribution in [0.5, 0.6) is 0 Å². The summed E-state index contributed by atoms with van der Waals surface area (Å²) in [5.41, 5.74) is 3.32. The zero-order valence-corrected chi connectivity index (χ0v) is 9.70. The number of rotatable bonds is 3. The van der Waals surface area contributed by atoms with Crippen molar-refractivity contribution in [1.29, 1.82) is 0 Å². The lowest BCUT2D eigenvalue weighted by atomic mass is 10.2. The van der Waals surface area contributed by atoms with E-state index in [1.807, 2.05) is 19.9 Å². The van der Waals surface area contributed by atoms with E-state index in [9.17, 15) is 0 Å². The molecule has 2 rings (SSSR count). The molecule has 2 N–H and O–H groups in total. The number of nitrogens with one attached hydrogen (secondary N) is 2. The fraction of sp³-hybridized carbons (Fsp3) is 0.364. The second-order valence-electron chi connectivity index (χ2n) is 3.76. The molecule has 0 saturated carbocycles. The van der Waals surface area contributed by atoms with Gasteiger partial charge < -0.3 is 5.32 Å². The van der Waals surface area contributed by atoms with Crippen LogP contribution in [0.15, 0.2) is 12.3 Å². The molecule has 0 amide bonds. The lowest BCUT2D eigenvalue weighted by Gasteiger charge is -2.04. The summed E-state index contributed by atoms with van der Waals surface area (Å²) >= 11 is 0. The number of hydrogen-bond donors (Lipinski definition) is 2. The zero-order chi connectivity index (χ0) is 11.5. The molecule has 0 spiro atoms. The van der Waals surface area contributed by atoms with E-state index in [2.05, 4.69) is 32.4 Å². The van der Waals surface area contributed by atoms with Crippen LogP contribution in [0.3, 0.4) is 0 Å².